The highest BCUT2D eigenvalue weighted by atomic mass is 16.7. The van der Waals surface area contributed by atoms with E-state index in [0.717, 1.165) is 16.3 Å². The van der Waals surface area contributed by atoms with Crippen LogP contribution >= 0.6 is 0 Å². The molecule has 0 aromatic heterocycles. The first-order valence-corrected chi connectivity index (χ1v) is 6.31. The molecule has 2 aromatic carbocycles. The number of hydroxylamine groups is 1. The Balaban J connectivity index is 2.13. The molecule has 0 saturated carbocycles. The smallest absolute Gasteiger partial charge is 0.128 e. The van der Waals surface area contributed by atoms with Crippen LogP contribution in [0.1, 0.15) is 18.5 Å². The summed E-state index contributed by atoms with van der Waals surface area (Å²) in [5.41, 5.74) is 3.72. The lowest BCUT2D eigenvalue weighted by atomic mass is 10.0. The molecule has 0 aliphatic heterocycles. The largest absolute Gasteiger partial charge is 0.507 e. The molecule has 0 aliphatic carbocycles. The number of benzene rings is 2. The van der Waals surface area contributed by atoms with Crippen LogP contribution in [-0.2, 0) is 9.57 Å². The zero-order chi connectivity index (χ0) is 13.7. The van der Waals surface area contributed by atoms with Gasteiger partial charge < -0.3 is 9.84 Å². The molecule has 0 bridgehead atoms. The summed E-state index contributed by atoms with van der Waals surface area (Å²) in [7, 11) is 1.63. The highest BCUT2D eigenvalue weighted by Crippen LogP contribution is 2.32. The quantitative estimate of drug-likeness (QED) is 0.620. The minimum atomic E-state index is -0.0959. The fourth-order valence-electron chi connectivity index (χ4n) is 1.99. The van der Waals surface area contributed by atoms with Crippen molar-refractivity contribution >= 4 is 10.8 Å². The van der Waals surface area contributed by atoms with Crippen molar-refractivity contribution in [3.8, 4) is 5.75 Å². The summed E-state index contributed by atoms with van der Waals surface area (Å²) >= 11 is 0. The lowest BCUT2D eigenvalue weighted by Crippen LogP contribution is -2.21. The zero-order valence-electron chi connectivity index (χ0n) is 11.2. The molecule has 0 amide bonds. The van der Waals surface area contributed by atoms with E-state index in [1.807, 2.05) is 43.3 Å². The Morgan fingerprint density at radius 1 is 1.16 bits per heavy atom. The molecule has 0 fully saturated rings. The van der Waals surface area contributed by atoms with Crippen molar-refractivity contribution in [3.05, 3.63) is 42.0 Å². The standard InChI is InChI=1S/C15H19NO3/c1-11(16-19-10-9-18-2)13-8-7-12-5-3-4-6-14(12)15(13)17/h3-8,11,16-17H,9-10H2,1-2H3. The summed E-state index contributed by atoms with van der Waals surface area (Å²) in [6.07, 6.45) is 0. The number of aromatic hydroxyl groups is 1. The van der Waals surface area contributed by atoms with Crippen molar-refractivity contribution in [3.63, 3.8) is 0 Å². The van der Waals surface area contributed by atoms with E-state index in [1.54, 1.807) is 7.11 Å². The van der Waals surface area contributed by atoms with Crippen LogP contribution in [0.4, 0.5) is 0 Å². The fraction of sp³-hybridized carbons (Fsp3) is 0.333. The molecular formula is C15H19NO3. The first kappa shape index (κ1) is 13.8. The molecule has 4 heteroatoms. The number of phenolic OH excluding ortho intramolecular Hbond substituents is 1. The maximum absolute atomic E-state index is 10.3. The molecule has 2 rings (SSSR count). The second-order valence-corrected chi connectivity index (χ2v) is 4.41. The average Bonchev–Trinajstić information content (AvgIpc) is 2.44. The molecule has 2 aromatic rings. The number of nitrogens with one attached hydrogen (secondary N) is 1. The van der Waals surface area contributed by atoms with Gasteiger partial charge in [0.15, 0.2) is 0 Å². The van der Waals surface area contributed by atoms with Gasteiger partial charge in [0.2, 0.25) is 0 Å². The van der Waals surface area contributed by atoms with Gasteiger partial charge in [0.1, 0.15) is 5.75 Å². The van der Waals surface area contributed by atoms with Gasteiger partial charge in [-0.3, -0.25) is 4.84 Å². The van der Waals surface area contributed by atoms with Gasteiger partial charge in [-0.05, 0) is 12.3 Å². The predicted octanol–water partition coefficient (Wildman–Crippen LogP) is 2.77. The monoisotopic (exact) mass is 261 g/mol. The maximum Gasteiger partial charge on any atom is 0.128 e. The molecule has 0 radical (unpaired) electrons. The van der Waals surface area contributed by atoms with Crippen LogP contribution in [0.25, 0.3) is 10.8 Å². The molecule has 2 N–H and O–H groups in total. The minimum absolute atomic E-state index is 0.0959. The maximum atomic E-state index is 10.3. The normalized spacial score (nSPS) is 12.7. The topological polar surface area (TPSA) is 50.7 Å². The summed E-state index contributed by atoms with van der Waals surface area (Å²) in [5, 5.41) is 12.2. The van der Waals surface area contributed by atoms with E-state index in [1.165, 1.54) is 0 Å². The molecule has 1 unspecified atom stereocenters. The zero-order valence-corrected chi connectivity index (χ0v) is 11.2. The Morgan fingerprint density at radius 3 is 2.74 bits per heavy atom. The van der Waals surface area contributed by atoms with Gasteiger partial charge in [0.25, 0.3) is 0 Å². The summed E-state index contributed by atoms with van der Waals surface area (Å²) in [6.45, 7) is 2.94. The van der Waals surface area contributed by atoms with E-state index in [2.05, 4.69) is 5.48 Å². The van der Waals surface area contributed by atoms with Crippen molar-refractivity contribution < 1.29 is 14.7 Å². The lowest BCUT2D eigenvalue weighted by molar-refractivity contribution is -0.00953. The van der Waals surface area contributed by atoms with E-state index >= 15 is 0 Å². The number of phenols is 1. The van der Waals surface area contributed by atoms with Crippen LogP contribution in [0.5, 0.6) is 5.75 Å². The third kappa shape index (κ3) is 3.23. The van der Waals surface area contributed by atoms with E-state index in [0.29, 0.717) is 19.0 Å². The van der Waals surface area contributed by atoms with E-state index < -0.39 is 0 Å². The Hall–Kier alpha value is -1.62. The molecule has 102 valence electrons. The van der Waals surface area contributed by atoms with Crippen LogP contribution < -0.4 is 5.48 Å². The van der Waals surface area contributed by atoms with Gasteiger partial charge >= 0.3 is 0 Å². The van der Waals surface area contributed by atoms with Crippen molar-refractivity contribution in [2.45, 2.75) is 13.0 Å². The predicted molar refractivity (Wildman–Crippen MR) is 75.0 cm³/mol. The van der Waals surface area contributed by atoms with Gasteiger partial charge in [0, 0.05) is 18.1 Å². The average molecular weight is 261 g/mol. The third-order valence-electron chi connectivity index (χ3n) is 3.05. The Labute approximate surface area is 112 Å². The third-order valence-corrected chi connectivity index (χ3v) is 3.05. The van der Waals surface area contributed by atoms with Crippen molar-refractivity contribution in [1.29, 1.82) is 0 Å². The summed E-state index contributed by atoms with van der Waals surface area (Å²) < 4.78 is 4.90. The number of hydrogen-bond donors (Lipinski definition) is 2. The van der Waals surface area contributed by atoms with E-state index in [4.69, 9.17) is 9.57 Å². The van der Waals surface area contributed by atoms with E-state index in [9.17, 15) is 5.11 Å². The minimum Gasteiger partial charge on any atom is -0.507 e. The second kappa shape index (κ2) is 6.52. The number of hydrogen-bond acceptors (Lipinski definition) is 4. The van der Waals surface area contributed by atoms with Crippen LogP contribution in [0, 0.1) is 0 Å². The number of methoxy groups -OCH3 is 1. The number of rotatable bonds is 6. The molecule has 0 heterocycles. The van der Waals surface area contributed by atoms with Gasteiger partial charge in [-0.15, -0.1) is 0 Å². The SMILES string of the molecule is COCCONC(C)c1ccc2ccccc2c1O. The van der Waals surface area contributed by atoms with Gasteiger partial charge in [-0.2, -0.15) is 5.48 Å². The number of ether oxygens (including phenoxy) is 1. The number of fused-ring (bicyclic) bond motifs is 1. The Kier molecular flexibility index (Phi) is 4.74. The molecule has 0 saturated heterocycles. The lowest BCUT2D eigenvalue weighted by Gasteiger charge is -2.16. The summed E-state index contributed by atoms with van der Waals surface area (Å²) in [6, 6.07) is 11.6. The Bertz CT molecular complexity index is 542. The van der Waals surface area contributed by atoms with Gasteiger partial charge in [-0.1, -0.05) is 36.4 Å². The summed E-state index contributed by atoms with van der Waals surface area (Å²) in [5.74, 6) is 0.299. The molecule has 0 spiro atoms. The van der Waals surface area contributed by atoms with Crippen molar-refractivity contribution in [1.82, 2.24) is 5.48 Å². The first-order valence-electron chi connectivity index (χ1n) is 6.31. The Morgan fingerprint density at radius 2 is 1.95 bits per heavy atom. The highest BCUT2D eigenvalue weighted by Gasteiger charge is 2.12. The highest BCUT2D eigenvalue weighted by molar-refractivity contribution is 5.89. The fourth-order valence-corrected chi connectivity index (χ4v) is 1.99. The molecule has 19 heavy (non-hydrogen) atoms. The second-order valence-electron chi connectivity index (χ2n) is 4.41. The molecular weight excluding hydrogens is 242 g/mol. The van der Waals surface area contributed by atoms with Crippen molar-refractivity contribution in [2.24, 2.45) is 0 Å². The summed E-state index contributed by atoms with van der Waals surface area (Å²) in [4.78, 5) is 5.27. The van der Waals surface area contributed by atoms with Gasteiger partial charge in [0.05, 0.1) is 19.3 Å². The van der Waals surface area contributed by atoms with Crippen molar-refractivity contribution in [2.75, 3.05) is 20.3 Å². The molecule has 4 nitrogen and oxygen atoms in total. The van der Waals surface area contributed by atoms with Crippen LogP contribution in [0.3, 0.4) is 0 Å². The molecule has 1 atom stereocenters. The van der Waals surface area contributed by atoms with Gasteiger partial charge in [-0.25, -0.2) is 0 Å². The first-order chi connectivity index (χ1) is 9.24. The van der Waals surface area contributed by atoms with E-state index in [-0.39, 0.29) is 6.04 Å². The van der Waals surface area contributed by atoms with Crippen LogP contribution in [-0.4, -0.2) is 25.4 Å². The van der Waals surface area contributed by atoms with Crippen LogP contribution in [0.2, 0.25) is 0 Å². The molecule has 0 aliphatic rings. The van der Waals surface area contributed by atoms with Crippen LogP contribution in [0.15, 0.2) is 36.4 Å².